The van der Waals surface area contributed by atoms with Gasteiger partial charge in [0.15, 0.2) is 40.7 Å². The van der Waals surface area contributed by atoms with E-state index in [0.29, 0.717) is 18.4 Å². The van der Waals surface area contributed by atoms with Gasteiger partial charge in [0, 0.05) is 0 Å². The number of rotatable bonds is 11. The highest BCUT2D eigenvalue weighted by molar-refractivity contribution is 6.09. The summed E-state index contributed by atoms with van der Waals surface area (Å²) in [5.41, 5.74) is 0.634. The Labute approximate surface area is 192 Å². The molecule has 0 spiro atoms. The van der Waals surface area contributed by atoms with Gasteiger partial charge in [0.2, 0.25) is 0 Å². The average molecular weight is 456 g/mol. The first-order chi connectivity index (χ1) is 15.6. The van der Waals surface area contributed by atoms with Crippen LogP contribution in [0.2, 0.25) is 0 Å². The third-order valence-electron chi connectivity index (χ3n) is 5.08. The van der Waals surface area contributed by atoms with E-state index < -0.39 is 23.8 Å². The number of ether oxygens (including phenoxy) is 2. The lowest BCUT2D eigenvalue weighted by Gasteiger charge is -2.27. The van der Waals surface area contributed by atoms with Crippen LogP contribution in [0.15, 0.2) is 48.3 Å². The second-order valence-corrected chi connectivity index (χ2v) is 7.82. The van der Waals surface area contributed by atoms with Gasteiger partial charge in [-0.15, -0.1) is 0 Å². The molecule has 0 saturated carbocycles. The van der Waals surface area contributed by atoms with E-state index in [-0.39, 0.29) is 41.2 Å². The van der Waals surface area contributed by atoms with Crippen molar-refractivity contribution >= 4 is 29.2 Å². The predicted octanol–water partition coefficient (Wildman–Crippen LogP) is 3.28. The number of phenols is 1. The standard InChI is InChI=1S/C25H28O8/c1-15(26)25(16(2)27)33-24-13-18(7-11-22(24)31)5-9-20(29)14-19(28)8-4-17-6-10-21(30)23(12-17)32-3/h4-6,8-12,18,24-25,30-31H,7,13-14H2,1-3H3. The Bertz CT molecular complexity index is 988. The third-order valence-corrected chi connectivity index (χ3v) is 5.08. The first-order valence-corrected chi connectivity index (χ1v) is 10.4. The van der Waals surface area contributed by atoms with Crippen molar-refractivity contribution in [3.8, 4) is 11.5 Å². The van der Waals surface area contributed by atoms with E-state index in [1.807, 2.05) is 0 Å². The zero-order chi connectivity index (χ0) is 24.5. The Morgan fingerprint density at radius 2 is 1.76 bits per heavy atom. The molecule has 2 unspecified atom stereocenters. The van der Waals surface area contributed by atoms with Crippen LogP contribution >= 0.6 is 0 Å². The van der Waals surface area contributed by atoms with Crippen LogP contribution in [0.5, 0.6) is 11.5 Å². The predicted molar refractivity (Wildman–Crippen MR) is 121 cm³/mol. The van der Waals surface area contributed by atoms with Crippen molar-refractivity contribution in [1.29, 1.82) is 0 Å². The van der Waals surface area contributed by atoms with Crippen LogP contribution in [0.4, 0.5) is 0 Å². The molecule has 8 heteroatoms. The smallest absolute Gasteiger partial charge is 0.174 e. The summed E-state index contributed by atoms with van der Waals surface area (Å²) in [5.74, 6) is -1.61. The van der Waals surface area contributed by atoms with E-state index in [1.165, 1.54) is 51.3 Å². The molecule has 2 atom stereocenters. The van der Waals surface area contributed by atoms with Gasteiger partial charge in [-0.2, -0.15) is 0 Å². The fraction of sp³-hybridized carbons (Fsp3) is 0.360. The molecule has 8 nitrogen and oxygen atoms in total. The lowest BCUT2D eigenvalue weighted by Crippen LogP contribution is -2.36. The van der Waals surface area contributed by atoms with Crippen molar-refractivity contribution in [2.75, 3.05) is 7.11 Å². The molecule has 0 bridgehead atoms. The molecule has 176 valence electrons. The molecule has 2 rings (SSSR count). The molecule has 0 heterocycles. The van der Waals surface area contributed by atoms with Crippen molar-refractivity contribution in [2.45, 2.75) is 45.3 Å². The number of benzene rings is 1. The lowest BCUT2D eigenvalue weighted by molar-refractivity contribution is -0.144. The number of aliphatic hydroxyl groups is 1. The van der Waals surface area contributed by atoms with Gasteiger partial charge >= 0.3 is 0 Å². The average Bonchev–Trinajstić information content (AvgIpc) is 2.76. The van der Waals surface area contributed by atoms with Crippen molar-refractivity contribution in [3.63, 3.8) is 0 Å². The molecular weight excluding hydrogens is 428 g/mol. The number of carbonyl (C=O) groups excluding carboxylic acids is 4. The van der Waals surface area contributed by atoms with Crippen LogP contribution in [-0.4, -0.2) is 52.7 Å². The topological polar surface area (TPSA) is 127 Å². The Kier molecular flexibility index (Phi) is 9.30. The summed E-state index contributed by atoms with van der Waals surface area (Å²) in [4.78, 5) is 47.5. The Hall–Kier alpha value is -3.52. The minimum absolute atomic E-state index is 0.0158. The maximum absolute atomic E-state index is 12.2. The van der Waals surface area contributed by atoms with Gasteiger partial charge in [0.25, 0.3) is 0 Å². The summed E-state index contributed by atoms with van der Waals surface area (Å²) in [6.07, 6.45) is 5.67. The molecule has 1 aromatic carbocycles. The largest absolute Gasteiger partial charge is 0.510 e. The number of aliphatic hydroxyl groups excluding tert-OH is 1. The maximum Gasteiger partial charge on any atom is 0.174 e. The number of aromatic hydroxyl groups is 1. The zero-order valence-corrected chi connectivity index (χ0v) is 18.8. The second kappa shape index (κ2) is 11.9. The van der Waals surface area contributed by atoms with Gasteiger partial charge in [0.05, 0.1) is 13.5 Å². The molecule has 0 saturated heterocycles. The number of carbonyl (C=O) groups is 4. The summed E-state index contributed by atoms with van der Waals surface area (Å²) in [7, 11) is 1.42. The molecule has 1 aromatic rings. The van der Waals surface area contributed by atoms with Gasteiger partial charge in [-0.1, -0.05) is 18.2 Å². The van der Waals surface area contributed by atoms with Gasteiger partial charge in [-0.05, 0) is 68.5 Å². The molecule has 0 aromatic heterocycles. The van der Waals surface area contributed by atoms with E-state index in [2.05, 4.69) is 0 Å². The summed E-state index contributed by atoms with van der Waals surface area (Å²) in [6, 6.07) is 4.62. The molecule has 33 heavy (non-hydrogen) atoms. The van der Waals surface area contributed by atoms with Crippen LogP contribution in [0, 0.1) is 5.92 Å². The monoisotopic (exact) mass is 456 g/mol. The Morgan fingerprint density at radius 3 is 2.39 bits per heavy atom. The van der Waals surface area contributed by atoms with E-state index >= 15 is 0 Å². The van der Waals surface area contributed by atoms with E-state index in [1.54, 1.807) is 18.2 Å². The van der Waals surface area contributed by atoms with Crippen LogP contribution in [0.3, 0.4) is 0 Å². The zero-order valence-electron chi connectivity index (χ0n) is 18.8. The molecule has 0 radical (unpaired) electrons. The quantitative estimate of drug-likeness (QED) is 0.384. The number of phenolic OH excluding ortho intramolecular Hbond substituents is 1. The molecule has 1 aliphatic rings. The molecule has 2 N–H and O–H groups in total. The fourth-order valence-corrected chi connectivity index (χ4v) is 3.34. The lowest BCUT2D eigenvalue weighted by atomic mass is 9.90. The number of methoxy groups -OCH3 is 1. The first kappa shape index (κ1) is 25.7. The number of allylic oxidation sites excluding steroid dienone is 4. The van der Waals surface area contributed by atoms with E-state index in [4.69, 9.17) is 9.47 Å². The molecule has 0 amide bonds. The Morgan fingerprint density at radius 1 is 1.09 bits per heavy atom. The minimum atomic E-state index is -1.24. The number of Topliss-reactive ketones (excluding diaryl/α,β-unsaturated/α-hetero) is 2. The molecule has 0 fully saturated rings. The normalized spacial score (nSPS) is 18.5. The SMILES string of the molecule is COc1cc(C=CC(=O)CC(=O)C=CC2CC=C(O)C(OC(C(C)=O)C(C)=O)C2)ccc1O. The summed E-state index contributed by atoms with van der Waals surface area (Å²) in [6.45, 7) is 2.49. The second-order valence-electron chi connectivity index (χ2n) is 7.82. The van der Waals surface area contributed by atoms with E-state index in [0.717, 1.165) is 0 Å². The molecule has 0 aliphatic heterocycles. The van der Waals surface area contributed by atoms with Crippen molar-refractivity contribution < 1.29 is 38.9 Å². The highest BCUT2D eigenvalue weighted by Gasteiger charge is 2.30. The van der Waals surface area contributed by atoms with Crippen molar-refractivity contribution in [2.24, 2.45) is 5.92 Å². The van der Waals surface area contributed by atoms with Crippen LogP contribution in [-0.2, 0) is 23.9 Å². The Balaban J connectivity index is 1.92. The highest BCUT2D eigenvalue weighted by atomic mass is 16.5. The van der Waals surface area contributed by atoms with Gasteiger partial charge < -0.3 is 19.7 Å². The minimum Gasteiger partial charge on any atom is -0.510 e. The number of hydrogen-bond acceptors (Lipinski definition) is 8. The molecule has 1 aliphatic carbocycles. The van der Waals surface area contributed by atoms with Crippen molar-refractivity contribution in [1.82, 2.24) is 0 Å². The van der Waals surface area contributed by atoms with Crippen LogP contribution in [0.1, 0.15) is 38.7 Å². The summed E-state index contributed by atoms with van der Waals surface area (Å²) >= 11 is 0. The van der Waals surface area contributed by atoms with Crippen LogP contribution < -0.4 is 4.74 Å². The van der Waals surface area contributed by atoms with Gasteiger partial charge in [0.1, 0.15) is 11.9 Å². The summed E-state index contributed by atoms with van der Waals surface area (Å²) < 4.78 is 10.5. The fourth-order valence-electron chi connectivity index (χ4n) is 3.34. The van der Waals surface area contributed by atoms with E-state index in [9.17, 15) is 29.4 Å². The van der Waals surface area contributed by atoms with Gasteiger partial charge in [-0.25, -0.2) is 0 Å². The number of ketones is 4. The summed E-state index contributed by atoms with van der Waals surface area (Å²) in [5, 5.41) is 19.6. The van der Waals surface area contributed by atoms with Gasteiger partial charge in [-0.3, -0.25) is 19.2 Å². The number of hydrogen-bond donors (Lipinski definition) is 2. The highest BCUT2D eigenvalue weighted by Crippen LogP contribution is 2.28. The molecular formula is C25H28O8. The van der Waals surface area contributed by atoms with Crippen LogP contribution in [0.25, 0.3) is 6.08 Å². The van der Waals surface area contributed by atoms with Crippen molar-refractivity contribution in [3.05, 3.63) is 53.8 Å². The maximum atomic E-state index is 12.2. The first-order valence-electron chi connectivity index (χ1n) is 10.4. The third kappa shape index (κ3) is 7.84.